The van der Waals surface area contributed by atoms with Gasteiger partial charge in [-0.05, 0) is 40.4 Å². The summed E-state index contributed by atoms with van der Waals surface area (Å²) in [6.07, 6.45) is 3.93. The molecule has 0 aromatic heterocycles. The smallest absolute Gasteiger partial charge is 0.0869 e. The van der Waals surface area contributed by atoms with Crippen molar-refractivity contribution in [3.63, 3.8) is 0 Å². The van der Waals surface area contributed by atoms with E-state index in [4.69, 9.17) is 18.0 Å². The molecule has 1 saturated carbocycles. The van der Waals surface area contributed by atoms with Gasteiger partial charge in [-0.2, -0.15) is 0 Å². The van der Waals surface area contributed by atoms with E-state index >= 15 is 0 Å². The molecule has 14 heavy (non-hydrogen) atoms. The van der Waals surface area contributed by atoms with E-state index in [0.29, 0.717) is 10.5 Å². The molecule has 0 aliphatic heterocycles. The minimum Gasteiger partial charge on any atom is -0.392 e. The minimum absolute atomic E-state index is 0.375. The van der Waals surface area contributed by atoms with Crippen molar-refractivity contribution < 1.29 is 0 Å². The second-order valence-electron chi connectivity index (χ2n) is 4.61. The van der Waals surface area contributed by atoms with Gasteiger partial charge in [0, 0.05) is 18.6 Å². The summed E-state index contributed by atoms with van der Waals surface area (Å²) in [7, 11) is 6.41. The molecular weight excluding hydrogens is 194 g/mol. The normalized spacial score (nSPS) is 19.8. The van der Waals surface area contributed by atoms with Gasteiger partial charge in [-0.25, -0.2) is 0 Å². The number of thiocarbonyl (C=S) groups is 1. The SMILES string of the molecule is CN(CC(N)=S)CC1(N(C)C)CCC1. The van der Waals surface area contributed by atoms with E-state index < -0.39 is 0 Å². The van der Waals surface area contributed by atoms with Gasteiger partial charge >= 0.3 is 0 Å². The molecule has 0 spiro atoms. The molecule has 1 rings (SSSR count). The quantitative estimate of drug-likeness (QED) is 0.684. The zero-order valence-electron chi connectivity index (χ0n) is 9.42. The molecule has 0 atom stereocenters. The molecule has 0 radical (unpaired) electrons. The fraction of sp³-hybridized carbons (Fsp3) is 0.900. The van der Waals surface area contributed by atoms with Crippen LogP contribution in [0.5, 0.6) is 0 Å². The summed E-state index contributed by atoms with van der Waals surface area (Å²) in [6.45, 7) is 1.79. The summed E-state index contributed by atoms with van der Waals surface area (Å²) < 4.78 is 0. The maximum absolute atomic E-state index is 5.52. The third-order valence-electron chi connectivity index (χ3n) is 3.22. The van der Waals surface area contributed by atoms with E-state index in [9.17, 15) is 0 Å². The Kier molecular flexibility index (Phi) is 3.86. The summed E-state index contributed by atoms with van der Waals surface area (Å²) in [5.74, 6) is 0. The van der Waals surface area contributed by atoms with Gasteiger partial charge in [-0.15, -0.1) is 0 Å². The largest absolute Gasteiger partial charge is 0.392 e. The second-order valence-corrected chi connectivity index (χ2v) is 5.14. The predicted octanol–water partition coefficient (Wildman–Crippen LogP) is 0.689. The molecule has 2 N–H and O–H groups in total. The van der Waals surface area contributed by atoms with Crippen molar-refractivity contribution in [2.24, 2.45) is 5.73 Å². The Morgan fingerprint density at radius 3 is 2.21 bits per heavy atom. The van der Waals surface area contributed by atoms with Crippen LogP contribution < -0.4 is 5.73 Å². The lowest BCUT2D eigenvalue weighted by atomic mass is 9.75. The highest BCUT2D eigenvalue weighted by molar-refractivity contribution is 7.80. The van der Waals surface area contributed by atoms with Gasteiger partial charge < -0.3 is 10.6 Å². The lowest BCUT2D eigenvalue weighted by Gasteiger charge is -2.49. The predicted molar refractivity (Wildman–Crippen MR) is 64.6 cm³/mol. The first-order chi connectivity index (χ1) is 6.46. The van der Waals surface area contributed by atoms with Gasteiger partial charge in [0.2, 0.25) is 0 Å². The topological polar surface area (TPSA) is 32.5 Å². The first-order valence-electron chi connectivity index (χ1n) is 5.10. The summed E-state index contributed by atoms with van der Waals surface area (Å²) >= 11 is 4.90. The molecule has 1 fully saturated rings. The molecule has 4 heteroatoms. The highest BCUT2D eigenvalue weighted by Crippen LogP contribution is 2.36. The van der Waals surface area contributed by atoms with Crippen molar-refractivity contribution >= 4 is 17.2 Å². The van der Waals surface area contributed by atoms with Crippen LogP contribution in [-0.4, -0.2) is 54.6 Å². The van der Waals surface area contributed by atoms with Crippen molar-refractivity contribution in [1.29, 1.82) is 0 Å². The maximum Gasteiger partial charge on any atom is 0.0869 e. The number of nitrogens with two attached hydrogens (primary N) is 1. The zero-order chi connectivity index (χ0) is 10.8. The van der Waals surface area contributed by atoms with Crippen LogP contribution in [0.25, 0.3) is 0 Å². The monoisotopic (exact) mass is 215 g/mol. The molecule has 0 aromatic rings. The van der Waals surface area contributed by atoms with Gasteiger partial charge in [-0.1, -0.05) is 12.2 Å². The van der Waals surface area contributed by atoms with Crippen LogP contribution in [-0.2, 0) is 0 Å². The van der Waals surface area contributed by atoms with E-state index in [2.05, 4.69) is 30.9 Å². The minimum atomic E-state index is 0.375. The number of rotatable bonds is 5. The maximum atomic E-state index is 5.52. The summed E-state index contributed by atoms with van der Waals surface area (Å²) in [6, 6.07) is 0. The zero-order valence-corrected chi connectivity index (χ0v) is 10.2. The van der Waals surface area contributed by atoms with E-state index in [-0.39, 0.29) is 0 Å². The van der Waals surface area contributed by atoms with E-state index in [1.807, 2.05) is 0 Å². The van der Waals surface area contributed by atoms with Crippen LogP contribution in [0.3, 0.4) is 0 Å². The number of hydrogen-bond acceptors (Lipinski definition) is 3. The summed E-state index contributed by atoms with van der Waals surface area (Å²) in [5, 5.41) is 0. The van der Waals surface area contributed by atoms with Crippen molar-refractivity contribution in [3.8, 4) is 0 Å². The number of likely N-dealkylation sites (N-methyl/N-ethyl adjacent to an activating group) is 2. The Morgan fingerprint density at radius 1 is 1.36 bits per heavy atom. The average Bonchev–Trinajstić information content (AvgIpc) is 1.94. The van der Waals surface area contributed by atoms with Gasteiger partial charge in [-0.3, -0.25) is 4.90 Å². The molecule has 0 aromatic carbocycles. The standard InChI is InChI=1S/C10H21N3S/c1-12(2)10(5-4-6-10)8-13(3)7-9(11)14/h4-8H2,1-3H3,(H2,11,14). The molecule has 0 amide bonds. The summed E-state index contributed by atoms with van der Waals surface area (Å²) in [5.41, 5.74) is 5.90. The van der Waals surface area contributed by atoms with Crippen LogP contribution in [0.4, 0.5) is 0 Å². The lowest BCUT2D eigenvalue weighted by Crippen LogP contribution is -2.57. The highest BCUT2D eigenvalue weighted by Gasteiger charge is 2.39. The molecule has 0 saturated heterocycles. The molecule has 0 bridgehead atoms. The molecule has 82 valence electrons. The Morgan fingerprint density at radius 2 is 1.93 bits per heavy atom. The molecule has 1 aliphatic rings. The van der Waals surface area contributed by atoms with Gasteiger partial charge in [0.1, 0.15) is 0 Å². The van der Waals surface area contributed by atoms with E-state index in [1.54, 1.807) is 0 Å². The van der Waals surface area contributed by atoms with Crippen LogP contribution in [0.15, 0.2) is 0 Å². The Hall–Kier alpha value is -0.190. The highest BCUT2D eigenvalue weighted by atomic mass is 32.1. The van der Waals surface area contributed by atoms with Crippen molar-refractivity contribution in [3.05, 3.63) is 0 Å². The van der Waals surface area contributed by atoms with Gasteiger partial charge in [0.25, 0.3) is 0 Å². The fourth-order valence-electron chi connectivity index (χ4n) is 2.16. The molecule has 3 nitrogen and oxygen atoms in total. The molecule has 0 unspecified atom stereocenters. The third kappa shape index (κ3) is 2.65. The van der Waals surface area contributed by atoms with Gasteiger partial charge in [0.15, 0.2) is 0 Å². The van der Waals surface area contributed by atoms with Crippen molar-refractivity contribution in [2.45, 2.75) is 24.8 Å². The first-order valence-corrected chi connectivity index (χ1v) is 5.51. The van der Waals surface area contributed by atoms with Crippen LogP contribution >= 0.6 is 12.2 Å². The van der Waals surface area contributed by atoms with Crippen molar-refractivity contribution in [2.75, 3.05) is 34.2 Å². The Balaban J connectivity index is 2.44. The number of hydrogen-bond donors (Lipinski definition) is 1. The van der Waals surface area contributed by atoms with E-state index in [1.165, 1.54) is 19.3 Å². The first kappa shape index (κ1) is 11.9. The second kappa shape index (κ2) is 4.55. The van der Waals surface area contributed by atoms with Crippen LogP contribution in [0.1, 0.15) is 19.3 Å². The number of nitrogens with zero attached hydrogens (tertiary/aromatic N) is 2. The van der Waals surface area contributed by atoms with Crippen molar-refractivity contribution in [1.82, 2.24) is 9.80 Å². The third-order valence-corrected chi connectivity index (χ3v) is 3.35. The van der Waals surface area contributed by atoms with E-state index in [0.717, 1.165) is 13.1 Å². The van der Waals surface area contributed by atoms with Crippen LogP contribution in [0, 0.1) is 0 Å². The molecule has 0 heterocycles. The lowest BCUT2D eigenvalue weighted by molar-refractivity contribution is 0.0318. The fourth-order valence-corrected chi connectivity index (χ4v) is 2.38. The summed E-state index contributed by atoms with van der Waals surface area (Å²) in [4.78, 5) is 5.15. The Bertz CT molecular complexity index is 211. The average molecular weight is 215 g/mol. The Labute approximate surface area is 92.2 Å². The van der Waals surface area contributed by atoms with Crippen LogP contribution in [0.2, 0.25) is 0 Å². The van der Waals surface area contributed by atoms with Gasteiger partial charge in [0.05, 0.1) is 4.99 Å². The molecule has 1 aliphatic carbocycles. The molecular formula is C10H21N3S.